The predicted octanol–water partition coefficient (Wildman–Crippen LogP) is 2.48. The van der Waals surface area contributed by atoms with Crippen LogP contribution in [0.3, 0.4) is 0 Å². The Morgan fingerprint density at radius 1 is 1.19 bits per heavy atom. The number of fused-ring (bicyclic) bond motifs is 1. The lowest BCUT2D eigenvalue weighted by Crippen LogP contribution is -2.28. The first kappa shape index (κ1) is 13.4. The van der Waals surface area contributed by atoms with Crippen LogP contribution < -0.4 is 4.90 Å². The summed E-state index contributed by atoms with van der Waals surface area (Å²) >= 11 is 0. The van der Waals surface area contributed by atoms with Crippen molar-refractivity contribution in [3.8, 4) is 11.5 Å². The highest BCUT2D eigenvalue weighted by Gasteiger charge is 2.23. The van der Waals surface area contributed by atoms with Crippen molar-refractivity contribution >= 4 is 11.5 Å². The second-order valence-electron chi connectivity index (χ2n) is 5.07. The molecule has 1 heterocycles. The van der Waals surface area contributed by atoms with E-state index in [4.69, 9.17) is 0 Å². The van der Waals surface area contributed by atoms with Crippen LogP contribution in [0.5, 0.6) is 11.5 Å². The molecule has 0 radical (unpaired) electrons. The molecule has 0 aromatic heterocycles. The van der Waals surface area contributed by atoms with Crippen LogP contribution in [0.4, 0.5) is 10.1 Å². The molecule has 0 saturated carbocycles. The van der Waals surface area contributed by atoms with E-state index < -0.39 is 0 Å². The van der Waals surface area contributed by atoms with Crippen LogP contribution in [0.15, 0.2) is 36.4 Å². The van der Waals surface area contributed by atoms with Crippen LogP contribution in [0, 0.1) is 5.82 Å². The number of Topliss-reactive ketones (excluding diaryl/α,β-unsaturated/α-hetero) is 1. The summed E-state index contributed by atoms with van der Waals surface area (Å²) in [5.41, 5.74) is 1.89. The van der Waals surface area contributed by atoms with Crippen LogP contribution >= 0.6 is 0 Å². The van der Waals surface area contributed by atoms with E-state index in [0.717, 1.165) is 23.7 Å². The smallest absolute Gasteiger partial charge is 0.185 e. The monoisotopic (exact) mass is 287 g/mol. The van der Waals surface area contributed by atoms with Gasteiger partial charge in [0.1, 0.15) is 17.3 Å². The summed E-state index contributed by atoms with van der Waals surface area (Å²) in [6.07, 6.45) is 0.768. The highest BCUT2D eigenvalue weighted by atomic mass is 19.1. The summed E-state index contributed by atoms with van der Waals surface area (Å²) in [5, 5.41) is 19.0. The SMILES string of the molecule is O=C(CN1CCc2ccc(F)cc21)c1ccc(O)cc1O. The van der Waals surface area contributed by atoms with Crippen LogP contribution in [0.1, 0.15) is 15.9 Å². The standard InChI is InChI=1S/C16H14FNO3/c17-11-2-1-10-5-6-18(14(10)7-11)9-16(21)13-4-3-12(19)8-15(13)20/h1-4,7-8,19-20H,5-6,9H2. The van der Waals surface area contributed by atoms with Crippen molar-refractivity contribution in [2.24, 2.45) is 0 Å². The molecule has 2 N–H and O–H groups in total. The van der Waals surface area contributed by atoms with Gasteiger partial charge in [-0.3, -0.25) is 4.79 Å². The highest BCUT2D eigenvalue weighted by molar-refractivity contribution is 6.01. The number of phenols is 2. The highest BCUT2D eigenvalue weighted by Crippen LogP contribution is 2.30. The molecular weight excluding hydrogens is 273 g/mol. The van der Waals surface area contributed by atoms with Gasteiger partial charge in [0, 0.05) is 18.3 Å². The van der Waals surface area contributed by atoms with Crippen molar-refractivity contribution in [1.82, 2.24) is 0 Å². The summed E-state index contributed by atoms with van der Waals surface area (Å²) in [5.74, 6) is -0.957. The first-order valence-electron chi connectivity index (χ1n) is 6.63. The van der Waals surface area contributed by atoms with Crippen molar-refractivity contribution in [2.45, 2.75) is 6.42 Å². The summed E-state index contributed by atoms with van der Waals surface area (Å²) in [7, 11) is 0. The molecule has 108 valence electrons. The third kappa shape index (κ3) is 2.54. The molecule has 4 nitrogen and oxygen atoms in total. The van der Waals surface area contributed by atoms with Gasteiger partial charge in [-0.2, -0.15) is 0 Å². The van der Waals surface area contributed by atoms with Gasteiger partial charge in [0.15, 0.2) is 5.78 Å². The fraction of sp³-hybridized carbons (Fsp3) is 0.188. The molecule has 0 unspecified atom stereocenters. The van der Waals surface area contributed by atoms with E-state index in [1.807, 2.05) is 0 Å². The second kappa shape index (κ2) is 5.09. The fourth-order valence-corrected chi connectivity index (χ4v) is 2.60. The van der Waals surface area contributed by atoms with Gasteiger partial charge >= 0.3 is 0 Å². The maximum Gasteiger partial charge on any atom is 0.185 e. The zero-order valence-corrected chi connectivity index (χ0v) is 11.2. The molecular formula is C16H14FNO3. The number of nitrogens with zero attached hydrogens (tertiary/aromatic N) is 1. The van der Waals surface area contributed by atoms with Gasteiger partial charge in [-0.15, -0.1) is 0 Å². The molecule has 0 fully saturated rings. The number of carbonyl (C=O) groups is 1. The zero-order chi connectivity index (χ0) is 15.0. The van der Waals surface area contributed by atoms with Gasteiger partial charge in [-0.25, -0.2) is 4.39 Å². The number of anilines is 1. The number of hydrogen-bond donors (Lipinski definition) is 2. The van der Waals surface area contributed by atoms with Gasteiger partial charge in [0.2, 0.25) is 0 Å². The van der Waals surface area contributed by atoms with Crippen LogP contribution in [0.25, 0.3) is 0 Å². The second-order valence-corrected chi connectivity index (χ2v) is 5.07. The molecule has 0 bridgehead atoms. The largest absolute Gasteiger partial charge is 0.508 e. The number of hydrogen-bond acceptors (Lipinski definition) is 4. The van der Waals surface area contributed by atoms with Crippen LogP contribution in [-0.4, -0.2) is 29.1 Å². The number of rotatable bonds is 3. The molecule has 1 aliphatic rings. The molecule has 0 aliphatic carbocycles. The van der Waals surface area contributed by atoms with E-state index in [0.29, 0.717) is 6.54 Å². The topological polar surface area (TPSA) is 60.8 Å². The summed E-state index contributed by atoms with van der Waals surface area (Å²) in [4.78, 5) is 14.0. The van der Waals surface area contributed by atoms with E-state index >= 15 is 0 Å². The number of ketones is 1. The first-order valence-corrected chi connectivity index (χ1v) is 6.63. The van der Waals surface area contributed by atoms with E-state index in [-0.39, 0.29) is 35.2 Å². The van der Waals surface area contributed by atoms with Crippen LogP contribution in [-0.2, 0) is 6.42 Å². The number of benzene rings is 2. The Morgan fingerprint density at radius 3 is 2.76 bits per heavy atom. The minimum absolute atomic E-state index is 0.0643. The summed E-state index contributed by atoms with van der Waals surface area (Å²) < 4.78 is 13.3. The number of aromatic hydroxyl groups is 2. The van der Waals surface area contributed by atoms with Crippen molar-refractivity contribution in [2.75, 3.05) is 18.0 Å². The molecule has 0 atom stereocenters. The minimum atomic E-state index is -0.333. The molecule has 5 heteroatoms. The van der Waals surface area contributed by atoms with Gasteiger partial charge in [0.05, 0.1) is 12.1 Å². The van der Waals surface area contributed by atoms with E-state index in [9.17, 15) is 19.4 Å². The van der Waals surface area contributed by atoms with Gasteiger partial charge in [0.25, 0.3) is 0 Å². The first-order chi connectivity index (χ1) is 10.0. The van der Waals surface area contributed by atoms with E-state index in [1.165, 1.54) is 24.3 Å². The van der Waals surface area contributed by atoms with Gasteiger partial charge < -0.3 is 15.1 Å². The Balaban J connectivity index is 1.82. The fourth-order valence-electron chi connectivity index (χ4n) is 2.60. The van der Waals surface area contributed by atoms with Gasteiger partial charge in [-0.05, 0) is 36.2 Å². The predicted molar refractivity (Wildman–Crippen MR) is 76.4 cm³/mol. The summed E-state index contributed by atoms with van der Waals surface area (Å²) in [6, 6.07) is 8.43. The number of phenolic OH excluding ortho intramolecular Hbond substituents is 2. The minimum Gasteiger partial charge on any atom is -0.508 e. The number of carbonyl (C=O) groups excluding carboxylic acids is 1. The van der Waals surface area contributed by atoms with Crippen molar-refractivity contribution in [3.63, 3.8) is 0 Å². The van der Waals surface area contributed by atoms with Crippen molar-refractivity contribution < 1.29 is 19.4 Å². The third-order valence-corrected chi connectivity index (χ3v) is 3.66. The average molecular weight is 287 g/mol. The molecule has 0 spiro atoms. The maximum absolute atomic E-state index is 13.3. The van der Waals surface area contributed by atoms with Crippen LogP contribution in [0.2, 0.25) is 0 Å². The Hall–Kier alpha value is -2.56. The molecule has 21 heavy (non-hydrogen) atoms. The lowest BCUT2D eigenvalue weighted by molar-refractivity contribution is 0.0997. The lowest BCUT2D eigenvalue weighted by atomic mass is 10.1. The van der Waals surface area contributed by atoms with Gasteiger partial charge in [-0.1, -0.05) is 6.07 Å². The molecule has 0 amide bonds. The Morgan fingerprint density at radius 2 is 2.00 bits per heavy atom. The Bertz CT molecular complexity index is 715. The summed E-state index contributed by atoms with van der Waals surface area (Å²) in [6.45, 7) is 0.707. The lowest BCUT2D eigenvalue weighted by Gasteiger charge is -2.18. The maximum atomic E-state index is 13.3. The Kier molecular flexibility index (Phi) is 3.25. The third-order valence-electron chi connectivity index (χ3n) is 3.66. The average Bonchev–Trinajstić information content (AvgIpc) is 2.81. The molecule has 0 saturated heterocycles. The molecule has 2 aromatic carbocycles. The molecule has 3 rings (SSSR count). The van der Waals surface area contributed by atoms with Crippen molar-refractivity contribution in [1.29, 1.82) is 0 Å². The normalized spacial score (nSPS) is 13.3. The zero-order valence-electron chi connectivity index (χ0n) is 11.2. The quantitative estimate of drug-likeness (QED) is 0.851. The number of halogens is 1. The Labute approximate surface area is 121 Å². The van der Waals surface area contributed by atoms with E-state index in [2.05, 4.69) is 0 Å². The van der Waals surface area contributed by atoms with E-state index in [1.54, 1.807) is 11.0 Å². The molecule has 1 aliphatic heterocycles. The molecule has 2 aromatic rings. The van der Waals surface area contributed by atoms with Crippen molar-refractivity contribution in [3.05, 3.63) is 53.3 Å².